The quantitative estimate of drug-likeness (QED) is 0.0222. The number of unbranched alkanes of at least 4 members (excludes halogenated alkanes) is 41. The number of aliphatic hydroxyl groups excluding tert-OH is 1. The highest BCUT2D eigenvalue weighted by molar-refractivity contribution is 7.47. The first kappa shape index (κ1) is 90.1. The summed E-state index contributed by atoms with van der Waals surface area (Å²) in [5, 5.41) is 10.6. The van der Waals surface area contributed by atoms with Gasteiger partial charge < -0.3 is 33.8 Å². The van der Waals surface area contributed by atoms with E-state index in [1.165, 1.54) is 193 Å². The second kappa shape index (κ2) is 65.0. The minimum atomic E-state index is -4.95. The van der Waals surface area contributed by atoms with E-state index in [1.54, 1.807) is 0 Å². The van der Waals surface area contributed by atoms with E-state index in [2.05, 4.69) is 41.5 Å². The van der Waals surface area contributed by atoms with Crippen molar-refractivity contribution in [2.24, 2.45) is 11.8 Å². The van der Waals surface area contributed by atoms with Crippen molar-refractivity contribution in [3.8, 4) is 0 Å². The van der Waals surface area contributed by atoms with Crippen LogP contribution in [0.3, 0.4) is 0 Å². The van der Waals surface area contributed by atoms with Gasteiger partial charge in [0.05, 0.1) is 26.4 Å². The Hall–Kier alpha value is -1.94. The molecule has 0 rings (SSSR count). The van der Waals surface area contributed by atoms with Crippen LogP contribution in [0.5, 0.6) is 0 Å². The van der Waals surface area contributed by atoms with Gasteiger partial charge in [0.1, 0.15) is 19.3 Å². The third-order valence-electron chi connectivity index (χ3n) is 17.3. The molecule has 0 aliphatic rings. The Kier molecular flexibility index (Phi) is 63.7. The van der Waals surface area contributed by atoms with Crippen LogP contribution in [-0.2, 0) is 65.4 Å². The molecule has 0 aromatic rings. The molecule has 92 heavy (non-hydrogen) atoms. The van der Waals surface area contributed by atoms with Gasteiger partial charge in [0, 0.05) is 25.7 Å². The maximum Gasteiger partial charge on any atom is 0.472 e. The third-order valence-corrected chi connectivity index (χ3v) is 19.2. The Labute approximate surface area is 562 Å². The zero-order chi connectivity index (χ0) is 67.9. The average molecular weight is 1350 g/mol. The second-order valence-electron chi connectivity index (χ2n) is 27.1. The van der Waals surface area contributed by atoms with Crippen molar-refractivity contribution < 1.29 is 80.2 Å². The summed E-state index contributed by atoms with van der Waals surface area (Å²) in [6.45, 7) is 9.56. The molecule has 0 radical (unpaired) electrons. The van der Waals surface area contributed by atoms with Crippen LogP contribution < -0.4 is 0 Å². The van der Waals surface area contributed by atoms with Crippen molar-refractivity contribution in [3.63, 3.8) is 0 Å². The number of carbonyl (C=O) groups excluding carboxylic acids is 4. The topological polar surface area (TPSA) is 237 Å². The Bertz CT molecular complexity index is 1790. The van der Waals surface area contributed by atoms with E-state index in [9.17, 15) is 43.2 Å². The minimum Gasteiger partial charge on any atom is -0.462 e. The molecular weight excluding hydrogens is 1210 g/mol. The molecule has 546 valence electrons. The molecule has 0 aliphatic carbocycles. The highest BCUT2D eigenvalue weighted by Gasteiger charge is 2.30. The fourth-order valence-electron chi connectivity index (χ4n) is 11.1. The summed E-state index contributed by atoms with van der Waals surface area (Å²) < 4.78 is 68.4. The van der Waals surface area contributed by atoms with E-state index >= 15 is 0 Å². The normalized spacial score (nSPS) is 14.4. The van der Waals surface area contributed by atoms with Gasteiger partial charge in [-0.25, -0.2) is 9.13 Å². The third kappa shape index (κ3) is 65.4. The predicted octanol–water partition coefficient (Wildman–Crippen LogP) is 21.2. The highest BCUT2D eigenvalue weighted by Crippen LogP contribution is 2.45. The molecule has 6 atom stereocenters. The zero-order valence-electron chi connectivity index (χ0n) is 59.9. The van der Waals surface area contributed by atoms with E-state index in [-0.39, 0.29) is 25.7 Å². The van der Waals surface area contributed by atoms with Crippen LogP contribution in [0.4, 0.5) is 0 Å². The van der Waals surface area contributed by atoms with Crippen molar-refractivity contribution in [2.75, 3.05) is 39.6 Å². The lowest BCUT2D eigenvalue weighted by Crippen LogP contribution is -2.30. The second-order valence-corrected chi connectivity index (χ2v) is 30.0. The lowest BCUT2D eigenvalue weighted by atomic mass is 9.99. The summed E-state index contributed by atoms with van der Waals surface area (Å²) in [5.41, 5.74) is 0. The molecule has 0 aromatic carbocycles. The summed E-state index contributed by atoms with van der Waals surface area (Å²) in [4.78, 5) is 72.7. The fraction of sp³-hybridized carbons (Fsp3) is 0.945. The standard InChI is InChI=1S/C73H142O17P2/c1-7-10-12-14-16-18-20-22-24-26-30-37-43-49-55-70(75)83-61-68(89-72(77)57-51-45-39-31-27-25-23-21-19-17-15-13-11-8-2)63-87-91(79,80)85-59-67(74)60-86-92(81,82)88-64-69(90-73(78)58-52-46-40-32-28-29-35-41-47-53-65(4)5)62-84-71(76)56-50-44-38-34-33-36-42-48-54-66(6)9-3/h65-69,74H,7-64H2,1-6H3,(H,79,80)(H,81,82)/t66?,67-,68-,69-/m1/s1. The van der Waals surface area contributed by atoms with Crippen LogP contribution in [0.15, 0.2) is 0 Å². The van der Waals surface area contributed by atoms with Gasteiger partial charge in [-0.05, 0) is 37.5 Å². The molecule has 0 bridgehead atoms. The Morgan fingerprint density at radius 3 is 0.826 bits per heavy atom. The van der Waals surface area contributed by atoms with Crippen LogP contribution >= 0.6 is 15.6 Å². The lowest BCUT2D eigenvalue weighted by molar-refractivity contribution is -0.161. The van der Waals surface area contributed by atoms with Crippen molar-refractivity contribution >= 4 is 39.5 Å². The maximum absolute atomic E-state index is 13.1. The molecule has 0 saturated heterocycles. The van der Waals surface area contributed by atoms with Gasteiger partial charge in [-0.1, -0.05) is 324 Å². The summed E-state index contributed by atoms with van der Waals surface area (Å²) in [7, 11) is -9.91. The van der Waals surface area contributed by atoms with Crippen LogP contribution in [-0.4, -0.2) is 96.7 Å². The van der Waals surface area contributed by atoms with Crippen LogP contribution in [0, 0.1) is 11.8 Å². The Morgan fingerprint density at radius 2 is 0.554 bits per heavy atom. The molecule has 0 aliphatic heterocycles. The van der Waals surface area contributed by atoms with Crippen LogP contribution in [0.1, 0.15) is 375 Å². The number of carbonyl (C=O) groups is 4. The van der Waals surface area contributed by atoms with Crippen LogP contribution in [0.25, 0.3) is 0 Å². The first-order chi connectivity index (χ1) is 44.4. The monoisotopic (exact) mass is 1350 g/mol. The molecule has 0 aromatic heterocycles. The van der Waals surface area contributed by atoms with Gasteiger partial charge in [0.2, 0.25) is 0 Å². The Morgan fingerprint density at radius 1 is 0.315 bits per heavy atom. The summed E-state index contributed by atoms with van der Waals surface area (Å²) in [5.74, 6) is -0.604. The van der Waals surface area contributed by atoms with Crippen molar-refractivity contribution in [2.45, 2.75) is 394 Å². The zero-order valence-corrected chi connectivity index (χ0v) is 61.6. The van der Waals surface area contributed by atoms with E-state index in [1.807, 2.05) is 0 Å². The number of phosphoric acid groups is 2. The molecular formula is C73H142O17P2. The molecule has 0 spiro atoms. The van der Waals surface area contributed by atoms with Gasteiger partial charge >= 0.3 is 39.5 Å². The van der Waals surface area contributed by atoms with E-state index in [4.69, 9.17) is 37.0 Å². The summed E-state index contributed by atoms with van der Waals surface area (Å²) in [6, 6.07) is 0. The number of aliphatic hydroxyl groups is 1. The number of phosphoric ester groups is 2. The van der Waals surface area contributed by atoms with Gasteiger partial charge in [0.15, 0.2) is 12.2 Å². The molecule has 3 N–H and O–H groups in total. The van der Waals surface area contributed by atoms with E-state index in [0.717, 1.165) is 102 Å². The van der Waals surface area contributed by atoms with Crippen LogP contribution in [0.2, 0.25) is 0 Å². The fourth-order valence-corrected chi connectivity index (χ4v) is 12.7. The van der Waals surface area contributed by atoms with E-state index < -0.39 is 97.5 Å². The molecule has 0 fully saturated rings. The number of hydrogen-bond acceptors (Lipinski definition) is 15. The SMILES string of the molecule is CCCCCCCCCCCCCCCCC(=O)OC[C@H](COP(=O)(O)OC[C@@H](O)COP(=O)(O)OC[C@@H](COC(=O)CCCCCCCCCCC(C)CC)OC(=O)CCCCCCCCCCCC(C)C)OC(=O)CCCCCCCCCCCCCCCC. The first-order valence-electron chi connectivity index (χ1n) is 38.0. The molecule has 3 unspecified atom stereocenters. The highest BCUT2D eigenvalue weighted by atomic mass is 31.2. The van der Waals surface area contributed by atoms with Gasteiger partial charge in [0.25, 0.3) is 0 Å². The maximum atomic E-state index is 13.1. The van der Waals surface area contributed by atoms with E-state index in [0.29, 0.717) is 25.7 Å². The van der Waals surface area contributed by atoms with Crippen molar-refractivity contribution in [1.82, 2.24) is 0 Å². The number of ether oxygens (including phenoxy) is 4. The molecule has 0 saturated carbocycles. The summed E-state index contributed by atoms with van der Waals surface area (Å²) in [6.07, 6.45) is 51.1. The van der Waals surface area contributed by atoms with Gasteiger partial charge in [-0.3, -0.25) is 37.3 Å². The van der Waals surface area contributed by atoms with Crippen molar-refractivity contribution in [3.05, 3.63) is 0 Å². The van der Waals surface area contributed by atoms with Gasteiger partial charge in [-0.15, -0.1) is 0 Å². The molecule has 0 heterocycles. The predicted molar refractivity (Wildman–Crippen MR) is 372 cm³/mol. The number of rotatable bonds is 72. The smallest absolute Gasteiger partial charge is 0.462 e. The average Bonchev–Trinajstić information content (AvgIpc) is 3.41. The van der Waals surface area contributed by atoms with Crippen molar-refractivity contribution in [1.29, 1.82) is 0 Å². The Balaban J connectivity index is 5.27. The first-order valence-corrected chi connectivity index (χ1v) is 41.0. The minimum absolute atomic E-state index is 0.105. The summed E-state index contributed by atoms with van der Waals surface area (Å²) >= 11 is 0. The largest absolute Gasteiger partial charge is 0.472 e. The lowest BCUT2D eigenvalue weighted by Gasteiger charge is -2.21. The number of hydrogen-bond donors (Lipinski definition) is 3. The van der Waals surface area contributed by atoms with Gasteiger partial charge in [-0.2, -0.15) is 0 Å². The molecule has 17 nitrogen and oxygen atoms in total. The number of esters is 4. The molecule has 0 amide bonds. The molecule has 19 heteroatoms.